The molecule has 5 heteroatoms. The predicted molar refractivity (Wildman–Crippen MR) is 70.7 cm³/mol. The number of hydrogen-bond acceptors (Lipinski definition) is 2. The lowest BCUT2D eigenvalue weighted by atomic mass is 9.99. The summed E-state index contributed by atoms with van der Waals surface area (Å²) in [6, 6.07) is 5.90. The number of hydrogen-bond donors (Lipinski definition) is 1. The summed E-state index contributed by atoms with van der Waals surface area (Å²) in [5.74, 6) is -0.0951. The van der Waals surface area contributed by atoms with Crippen LogP contribution in [0.2, 0.25) is 5.02 Å². The first-order chi connectivity index (χ1) is 8.54. The van der Waals surface area contributed by atoms with Crippen LogP contribution in [0.25, 0.3) is 0 Å². The summed E-state index contributed by atoms with van der Waals surface area (Å²) in [7, 11) is 0. The molecule has 0 spiro atoms. The molecule has 1 heterocycles. The van der Waals surface area contributed by atoms with Gasteiger partial charge in [0.1, 0.15) is 6.04 Å². The molecule has 0 bridgehead atoms. The van der Waals surface area contributed by atoms with Gasteiger partial charge in [0, 0.05) is 5.02 Å². The van der Waals surface area contributed by atoms with Gasteiger partial charge in [0.05, 0.1) is 5.69 Å². The Bertz CT molecular complexity index is 490. The number of urea groups is 1. The predicted octanol–water partition coefficient (Wildman–Crippen LogP) is 2.81. The lowest BCUT2D eigenvalue weighted by Gasteiger charge is -2.16. The van der Waals surface area contributed by atoms with E-state index in [1.807, 2.05) is 13.8 Å². The van der Waals surface area contributed by atoms with E-state index in [1.165, 1.54) is 0 Å². The molecule has 18 heavy (non-hydrogen) atoms. The van der Waals surface area contributed by atoms with Crippen LogP contribution >= 0.6 is 11.6 Å². The van der Waals surface area contributed by atoms with Crippen molar-refractivity contribution in [3.8, 4) is 0 Å². The average molecular weight is 267 g/mol. The zero-order valence-corrected chi connectivity index (χ0v) is 11.1. The number of amides is 3. The standard InChI is InChI=1S/C13H15ClN2O2/c1-3-8(2)11-12(17)16(13(18)15-11)10-6-4-5-9(14)7-10/h4-8,11H,3H2,1-2H3,(H,15,18). The number of carbonyl (C=O) groups excluding carboxylic acids is 2. The van der Waals surface area contributed by atoms with Gasteiger partial charge < -0.3 is 5.32 Å². The minimum absolute atomic E-state index is 0.116. The zero-order valence-electron chi connectivity index (χ0n) is 10.3. The van der Waals surface area contributed by atoms with E-state index in [1.54, 1.807) is 24.3 Å². The third-order valence-corrected chi connectivity index (χ3v) is 3.48. The summed E-state index contributed by atoms with van der Waals surface area (Å²) < 4.78 is 0. The molecule has 96 valence electrons. The van der Waals surface area contributed by atoms with Gasteiger partial charge in [0.15, 0.2) is 0 Å². The van der Waals surface area contributed by atoms with E-state index in [0.717, 1.165) is 11.3 Å². The van der Waals surface area contributed by atoms with Crippen molar-refractivity contribution >= 4 is 29.2 Å². The second-order valence-corrected chi connectivity index (χ2v) is 4.90. The van der Waals surface area contributed by atoms with E-state index in [-0.39, 0.29) is 17.9 Å². The molecule has 2 atom stereocenters. The molecule has 0 aromatic heterocycles. The van der Waals surface area contributed by atoms with Crippen molar-refractivity contribution in [1.29, 1.82) is 0 Å². The normalized spacial score (nSPS) is 21.1. The van der Waals surface area contributed by atoms with Gasteiger partial charge >= 0.3 is 6.03 Å². The first-order valence-electron chi connectivity index (χ1n) is 5.94. The summed E-state index contributed by atoms with van der Waals surface area (Å²) in [6.07, 6.45) is 0.833. The van der Waals surface area contributed by atoms with Gasteiger partial charge in [-0.1, -0.05) is 37.9 Å². The van der Waals surface area contributed by atoms with Crippen molar-refractivity contribution in [2.45, 2.75) is 26.3 Å². The highest BCUT2D eigenvalue weighted by Crippen LogP contribution is 2.25. The molecule has 3 amide bonds. The third-order valence-electron chi connectivity index (χ3n) is 3.25. The van der Waals surface area contributed by atoms with Gasteiger partial charge in [-0.3, -0.25) is 4.79 Å². The second kappa shape index (κ2) is 4.98. The van der Waals surface area contributed by atoms with Crippen LogP contribution < -0.4 is 10.2 Å². The summed E-state index contributed by atoms with van der Waals surface area (Å²) in [5, 5.41) is 3.22. The van der Waals surface area contributed by atoms with E-state index in [9.17, 15) is 9.59 Å². The largest absolute Gasteiger partial charge is 0.329 e. The maximum Gasteiger partial charge on any atom is 0.329 e. The van der Waals surface area contributed by atoms with Crippen molar-refractivity contribution in [2.75, 3.05) is 4.90 Å². The highest BCUT2D eigenvalue weighted by molar-refractivity contribution is 6.31. The van der Waals surface area contributed by atoms with Crippen LogP contribution in [-0.2, 0) is 4.79 Å². The fourth-order valence-electron chi connectivity index (χ4n) is 1.98. The molecule has 2 unspecified atom stereocenters. The number of nitrogens with zero attached hydrogens (tertiary/aromatic N) is 1. The van der Waals surface area contributed by atoms with Crippen molar-refractivity contribution in [2.24, 2.45) is 5.92 Å². The SMILES string of the molecule is CCC(C)C1NC(=O)N(c2cccc(Cl)c2)C1=O. The molecule has 2 rings (SSSR count). The third kappa shape index (κ3) is 2.20. The quantitative estimate of drug-likeness (QED) is 0.856. The van der Waals surface area contributed by atoms with Crippen molar-refractivity contribution in [1.82, 2.24) is 5.32 Å². The molecule has 0 saturated carbocycles. The maximum absolute atomic E-state index is 12.2. The number of nitrogens with one attached hydrogen (secondary N) is 1. The fourth-order valence-corrected chi connectivity index (χ4v) is 2.16. The first-order valence-corrected chi connectivity index (χ1v) is 6.32. The molecule has 1 aliphatic heterocycles. The Balaban J connectivity index is 2.30. The van der Waals surface area contributed by atoms with Gasteiger partial charge in [-0.05, 0) is 24.1 Å². The molecule has 0 radical (unpaired) electrons. The maximum atomic E-state index is 12.2. The smallest absolute Gasteiger partial charge is 0.325 e. The Hall–Kier alpha value is -1.55. The summed E-state index contributed by atoms with van der Waals surface area (Å²) in [4.78, 5) is 25.3. The fraction of sp³-hybridized carbons (Fsp3) is 0.385. The molecule has 0 aliphatic carbocycles. The van der Waals surface area contributed by atoms with Gasteiger partial charge in [-0.25, -0.2) is 9.69 Å². The number of imide groups is 1. The average Bonchev–Trinajstić information content (AvgIpc) is 2.64. The molecule has 1 fully saturated rings. The van der Waals surface area contributed by atoms with Gasteiger partial charge in [-0.15, -0.1) is 0 Å². The number of halogens is 1. The number of carbonyl (C=O) groups is 2. The lowest BCUT2D eigenvalue weighted by molar-refractivity contribution is -0.119. The monoisotopic (exact) mass is 266 g/mol. The van der Waals surface area contributed by atoms with Crippen molar-refractivity contribution in [3.05, 3.63) is 29.3 Å². The van der Waals surface area contributed by atoms with E-state index >= 15 is 0 Å². The Morgan fingerprint density at radius 3 is 2.78 bits per heavy atom. The molecule has 4 nitrogen and oxygen atoms in total. The molecule has 1 saturated heterocycles. The Morgan fingerprint density at radius 1 is 1.44 bits per heavy atom. The van der Waals surface area contributed by atoms with Gasteiger partial charge in [0.2, 0.25) is 0 Å². The highest BCUT2D eigenvalue weighted by atomic mass is 35.5. The van der Waals surface area contributed by atoms with E-state index < -0.39 is 6.04 Å². The number of rotatable bonds is 3. The second-order valence-electron chi connectivity index (χ2n) is 4.47. The highest BCUT2D eigenvalue weighted by Gasteiger charge is 2.41. The number of anilines is 1. The topological polar surface area (TPSA) is 49.4 Å². The minimum atomic E-state index is -0.443. The first kappa shape index (κ1) is 12.9. The van der Waals surface area contributed by atoms with Gasteiger partial charge in [0.25, 0.3) is 5.91 Å². The van der Waals surface area contributed by atoms with Crippen LogP contribution in [0, 0.1) is 5.92 Å². The lowest BCUT2D eigenvalue weighted by Crippen LogP contribution is -2.35. The van der Waals surface area contributed by atoms with Crippen LogP contribution in [-0.4, -0.2) is 18.0 Å². The van der Waals surface area contributed by atoms with Crippen LogP contribution in [0.4, 0.5) is 10.5 Å². The molecule has 1 N–H and O–H groups in total. The Labute approximate surface area is 111 Å². The molecular formula is C13H15ClN2O2. The summed E-state index contributed by atoms with van der Waals surface area (Å²) >= 11 is 5.88. The molecule has 1 aliphatic rings. The number of benzene rings is 1. The van der Waals surface area contributed by atoms with E-state index in [4.69, 9.17) is 11.6 Å². The van der Waals surface area contributed by atoms with Crippen LogP contribution in [0.15, 0.2) is 24.3 Å². The summed E-state index contributed by atoms with van der Waals surface area (Å²) in [5.41, 5.74) is 0.510. The Morgan fingerprint density at radius 2 is 2.17 bits per heavy atom. The van der Waals surface area contributed by atoms with Crippen LogP contribution in [0.1, 0.15) is 20.3 Å². The molecule has 1 aromatic carbocycles. The van der Waals surface area contributed by atoms with E-state index in [0.29, 0.717) is 10.7 Å². The van der Waals surface area contributed by atoms with Crippen LogP contribution in [0.5, 0.6) is 0 Å². The van der Waals surface area contributed by atoms with Crippen molar-refractivity contribution < 1.29 is 9.59 Å². The Kier molecular flexibility index (Phi) is 3.57. The van der Waals surface area contributed by atoms with Gasteiger partial charge in [-0.2, -0.15) is 0 Å². The molecular weight excluding hydrogens is 252 g/mol. The molecule has 1 aromatic rings. The van der Waals surface area contributed by atoms with Crippen molar-refractivity contribution in [3.63, 3.8) is 0 Å². The zero-order chi connectivity index (χ0) is 13.3. The van der Waals surface area contributed by atoms with E-state index in [2.05, 4.69) is 5.32 Å². The van der Waals surface area contributed by atoms with Crippen LogP contribution in [0.3, 0.4) is 0 Å². The minimum Gasteiger partial charge on any atom is -0.325 e. The summed E-state index contributed by atoms with van der Waals surface area (Å²) in [6.45, 7) is 3.94.